The predicted octanol–water partition coefficient (Wildman–Crippen LogP) is 1.53. The van der Waals surface area contributed by atoms with Crippen molar-refractivity contribution in [2.45, 2.75) is 19.0 Å². The van der Waals surface area contributed by atoms with E-state index in [0.29, 0.717) is 11.2 Å². The van der Waals surface area contributed by atoms with E-state index in [1.165, 1.54) is 6.42 Å². The maximum atomic E-state index is 5.85. The average Bonchev–Trinajstić information content (AvgIpc) is 2.70. The van der Waals surface area contributed by atoms with Crippen LogP contribution in [0, 0.1) is 0 Å². The van der Waals surface area contributed by atoms with Gasteiger partial charge in [-0.1, -0.05) is 17.7 Å². The molecule has 1 unspecified atom stereocenters. The Hall–Kier alpha value is -0.640. The van der Waals surface area contributed by atoms with Gasteiger partial charge in [0.05, 0.1) is 5.69 Å². The molecule has 0 radical (unpaired) electrons. The highest BCUT2D eigenvalue weighted by Gasteiger charge is 2.19. The van der Waals surface area contributed by atoms with Crippen molar-refractivity contribution in [2.75, 3.05) is 20.1 Å². The van der Waals surface area contributed by atoms with Crippen molar-refractivity contribution in [3.05, 3.63) is 29.0 Å². The molecule has 1 aliphatic heterocycles. The molecule has 1 aliphatic rings. The van der Waals surface area contributed by atoms with Crippen LogP contribution in [0.15, 0.2) is 18.2 Å². The average molecular weight is 226 g/mol. The number of aromatic nitrogens is 1. The zero-order valence-electron chi connectivity index (χ0n) is 8.91. The lowest BCUT2D eigenvalue weighted by Crippen LogP contribution is -2.33. The Morgan fingerprint density at radius 1 is 1.60 bits per heavy atom. The van der Waals surface area contributed by atoms with Crippen molar-refractivity contribution in [1.82, 2.24) is 15.2 Å². The highest BCUT2D eigenvalue weighted by atomic mass is 35.5. The predicted molar refractivity (Wildman–Crippen MR) is 62.0 cm³/mol. The summed E-state index contributed by atoms with van der Waals surface area (Å²) in [5.41, 5.74) is 1.04. The molecule has 0 aliphatic carbocycles. The third-order valence-electron chi connectivity index (χ3n) is 2.84. The molecule has 1 atom stereocenters. The molecule has 0 amide bonds. The molecule has 3 nitrogen and oxygen atoms in total. The van der Waals surface area contributed by atoms with Crippen molar-refractivity contribution in [3.8, 4) is 0 Å². The Morgan fingerprint density at radius 2 is 2.47 bits per heavy atom. The van der Waals surface area contributed by atoms with Crippen LogP contribution in [0.25, 0.3) is 0 Å². The molecule has 1 fully saturated rings. The van der Waals surface area contributed by atoms with Gasteiger partial charge in [0.25, 0.3) is 0 Å². The lowest BCUT2D eigenvalue weighted by molar-refractivity contribution is 0.246. The normalized spacial score (nSPS) is 21.1. The van der Waals surface area contributed by atoms with Crippen molar-refractivity contribution < 1.29 is 0 Å². The van der Waals surface area contributed by atoms with Crippen LogP contribution in [0.1, 0.15) is 12.1 Å². The highest BCUT2D eigenvalue weighted by molar-refractivity contribution is 6.29. The summed E-state index contributed by atoms with van der Waals surface area (Å²) in [5, 5.41) is 3.94. The lowest BCUT2D eigenvalue weighted by Gasteiger charge is -2.22. The van der Waals surface area contributed by atoms with Crippen molar-refractivity contribution >= 4 is 11.6 Å². The second-order valence-electron chi connectivity index (χ2n) is 4.01. The standard InChI is InChI=1S/C11H16ClN3/c1-15(10-5-6-13-7-10)8-9-3-2-4-11(12)14-9/h2-4,10,13H,5-8H2,1H3. The number of nitrogens with one attached hydrogen (secondary N) is 1. The van der Waals surface area contributed by atoms with Gasteiger partial charge in [-0.3, -0.25) is 4.90 Å². The summed E-state index contributed by atoms with van der Waals surface area (Å²) in [6.45, 7) is 3.07. The first kappa shape index (κ1) is 10.9. The number of likely N-dealkylation sites (N-methyl/N-ethyl adjacent to an activating group) is 1. The molecule has 0 bridgehead atoms. The van der Waals surface area contributed by atoms with E-state index in [9.17, 15) is 0 Å². The van der Waals surface area contributed by atoms with E-state index < -0.39 is 0 Å². The molecule has 0 saturated carbocycles. The fraction of sp³-hybridized carbons (Fsp3) is 0.545. The largest absolute Gasteiger partial charge is 0.315 e. The Labute approximate surface area is 95.4 Å². The molecular formula is C11H16ClN3. The van der Waals surface area contributed by atoms with Crippen LogP contribution in [0.3, 0.4) is 0 Å². The van der Waals surface area contributed by atoms with Crippen LogP contribution >= 0.6 is 11.6 Å². The monoisotopic (exact) mass is 225 g/mol. The fourth-order valence-corrected chi connectivity index (χ4v) is 2.12. The van der Waals surface area contributed by atoms with Gasteiger partial charge in [0.1, 0.15) is 5.15 Å². The van der Waals surface area contributed by atoms with Crippen LogP contribution < -0.4 is 5.32 Å². The summed E-state index contributed by atoms with van der Waals surface area (Å²) in [5.74, 6) is 0. The van der Waals surface area contributed by atoms with Gasteiger partial charge < -0.3 is 5.32 Å². The maximum Gasteiger partial charge on any atom is 0.129 e. The van der Waals surface area contributed by atoms with Gasteiger partial charge in [-0.2, -0.15) is 0 Å². The SMILES string of the molecule is CN(Cc1cccc(Cl)n1)C1CCNC1. The zero-order chi connectivity index (χ0) is 10.7. The quantitative estimate of drug-likeness (QED) is 0.791. The minimum atomic E-state index is 0.574. The summed E-state index contributed by atoms with van der Waals surface area (Å²) in [7, 11) is 2.14. The zero-order valence-corrected chi connectivity index (χ0v) is 9.67. The number of hydrogen-bond donors (Lipinski definition) is 1. The first-order valence-corrected chi connectivity index (χ1v) is 5.66. The van der Waals surface area contributed by atoms with Gasteiger partial charge in [0.15, 0.2) is 0 Å². The minimum Gasteiger partial charge on any atom is -0.315 e. The molecule has 15 heavy (non-hydrogen) atoms. The van der Waals surface area contributed by atoms with Gasteiger partial charge >= 0.3 is 0 Å². The summed E-state index contributed by atoms with van der Waals surface area (Å²) in [6, 6.07) is 6.41. The molecule has 2 heterocycles. The Morgan fingerprint density at radius 3 is 3.13 bits per heavy atom. The number of nitrogens with zero attached hydrogens (tertiary/aromatic N) is 2. The summed E-state index contributed by atoms with van der Waals surface area (Å²) >= 11 is 5.85. The van der Waals surface area contributed by atoms with E-state index >= 15 is 0 Å². The Kier molecular flexibility index (Phi) is 3.57. The van der Waals surface area contributed by atoms with Crippen LogP contribution in [-0.2, 0) is 6.54 Å². The summed E-state index contributed by atoms with van der Waals surface area (Å²) < 4.78 is 0. The van der Waals surface area contributed by atoms with E-state index in [-0.39, 0.29) is 0 Å². The molecule has 82 valence electrons. The van der Waals surface area contributed by atoms with Crippen LogP contribution in [-0.4, -0.2) is 36.1 Å². The van der Waals surface area contributed by atoms with Gasteiger partial charge in [0.2, 0.25) is 0 Å². The Bertz CT molecular complexity index is 323. The van der Waals surface area contributed by atoms with E-state index in [2.05, 4.69) is 22.2 Å². The lowest BCUT2D eigenvalue weighted by atomic mass is 10.2. The molecule has 0 spiro atoms. The third kappa shape index (κ3) is 2.91. The number of pyridine rings is 1. The van der Waals surface area contributed by atoms with E-state index in [4.69, 9.17) is 11.6 Å². The highest BCUT2D eigenvalue weighted by Crippen LogP contribution is 2.11. The van der Waals surface area contributed by atoms with Gasteiger partial charge in [0, 0.05) is 19.1 Å². The van der Waals surface area contributed by atoms with Crippen LogP contribution in [0.2, 0.25) is 5.15 Å². The second kappa shape index (κ2) is 4.92. The van der Waals surface area contributed by atoms with Crippen LogP contribution in [0.5, 0.6) is 0 Å². The molecule has 1 N–H and O–H groups in total. The molecular weight excluding hydrogens is 210 g/mol. The van der Waals surface area contributed by atoms with Gasteiger partial charge in [-0.05, 0) is 32.1 Å². The van der Waals surface area contributed by atoms with E-state index in [1.807, 2.05) is 18.2 Å². The number of rotatable bonds is 3. The molecule has 1 aromatic rings. The molecule has 4 heteroatoms. The van der Waals surface area contributed by atoms with E-state index in [1.54, 1.807) is 0 Å². The smallest absolute Gasteiger partial charge is 0.129 e. The van der Waals surface area contributed by atoms with Crippen molar-refractivity contribution in [3.63, 3.8) is 0 Å². The van der Waals surface area contributed by atoms with Crippen molar-refractivity contribution in [1.29, 1.82) is 0 Å². The third-order valence-corrected chi connectivity index (χ3v) is 3.05. The summed E-state index contributed by atoms with van der Waals surface area (Å²) in [4.78, 5) is 6.62. The minimum absolute atomic E-state index is 0.574. The van der Waals surface area contributed by atoms with E-state index in [0.717, 1.165) is 25.3 Å². The van der Waals surface area contributed by atoms with Gasteiger partial charge in [-0.15, -0.1) is 0 Å². The number of hydrogen-bond acceptors (Lipinski definition) is 3. The first-order valence-electron chi connectivity index (χ1n) is 5.28. The topological polar surface area (TPSA) is 28.2 Å². The Balaban J connectivity index is 1.95. The summed E-state index contributed by atoms with van der Waals surface area (Å²) in [6.07, 6.45) is 1.22. The fourth-order valence-electron chi connectivity index (χ4n) is 1.94. The van der Waals surface area contributed by atoms with Crippen molar-refractivity contribution in [2.24, 2.45) is 0 Å². The molecule has 1 aromatic heterocycles. The molecule has 1 saturated heterocycles. The van der Waals surface area contributed by atoms with Gasteiger partial charge in [-0.25, -0.2) is 4.98 Å². The molecule has 0 aromatic carbocycles. The van der Waals surface area contributed by atoms with Crippen LogP contribution in [0.4, 0.5) is 0 Å². The first-order chi connectivity index (χ1) is 7.25. The number of halogens is 1. The molecule has 2 rings (SSSR count). The second-order valence-corrected chi connectivity index (χ2v) is 4.40. The maximum absolute atomic E-state index is 5.85.